The number of rotatable bonds is 6. The van der Waals surface area contributed by atoms with E-state index in [1.807, 2.05) is 0 Å². The quantitative estimate of drug-likeness (QED) is 0.753. The smallest absolute Gasteiger partial charge is 0.214 e. The zero-order chi connectivity index (χ0) is 15.3. The molecule has 0 bridgehead atoms. The molecule has 1 aliphatic carbocycles. The number of aliphatic hydroxyl groups is 1. The normalized spacial score (nSPS) is 29.6. The summed E-state index contributed by atoms with van der Waals surface area (Å²) < 4.78 is 26.2. The van der Waals surface area contributed by atoms with Crippen molar-refractivity contribution in [3.63, 3.8) is 0 Å². The Morgan fingerprint density at radius 2 is 1.71 bits per heavy atom. The van der Waals surface area contributed by atoms with Gasteiger partial charge in [0.15, 0.2) is 0 Å². The lowest BCUT2D eigenvalue weighted by Crippen LogP contribution is -2.55. The first-order chi connectivity index (χ1) is 10.0. The van der Waals surface area contributed by atoms with E-state index in [1.165, 1.54) is 6.42 Å². The summed E-state index contributed by atoms with van der Waals surface area (Å²) in [6.45, 7) is 4.76. The van der Waals surface area contributed by atoms with Gasteiger partial charge in [-0.2, -0.15) is 4.31 Å². The predicted molar refractivity (Wildman–Crippen MR) is 84.7 cm³/mol. The summed E-state index contributed by atoms with van der Waals surface area (Å²) in [5.74, 6) is 0.285. The van der Waals surface area contributed by atoms with E-state index < -0.39 is 10.0 Å². The summed E-state index contributed by atoms with van der Waals surface area (Å²) in [6, 6.07) is 0.240. The monoisotopic (exact) mass is 318 g/mol. The van der Waals surface area contributed by atoms with Gasteiger partial charge in [0.25, 0.3) is 0 Å². The van der Waals surface area contributed by atoms with Gasteiger partial charge in [-0.05, 0) is 19.3 Å². The lowest BCUT2D eigenvalue weighted by molar-refractivity contribution is 0.00640. The molecular weight excluding hydrogens is 288 g/mol. The van der Waals surface area contributed by atoms with Gasteiger partial charge in [-0.3, -0.25) is 4.90 Å². The second kappa shape index (κ2) is 7.90. The highest BCUT2D eigenvalue weighted by molar-refractivity contribution is 7.89. The van der Waals surface area contributed by atoms with Crippen LogP contribution < -0.4 is 0 Å². The molecule has 2 fully saturated rings. The number of aliphatic hydroxyl groups excluding tert-OH is 1. The van der Waals surface area contributed by atoms with E-state index >= 15 is 0 Å². The van der Waals surface area contributed by atoms with Crippen LogP contribution in [-0.4, -0.2) is 66.8 Å². The van der Waals surface area contributed by atoms with E-state index in [0.29, 0.717) is 13.1 Å². The van der Waals surface area contributed by atoms with Crippen molar-refractivity contribution in [1.82, 2.24) is 9.21 Å². The highest BCUT2D eigenvalue weighted by Gasteiger charge is 2.33. The van der Waals surface area contributed by atoms with Crippen molar-refractivity contribution in [1.29, 1.82) is 0 Å². The Morgan fingerprint density at radius 3 is 2.33 bits per heavy atom. The van der Waals surface area contributed by atoms with Crippen LogP contribution in [0.1, 0.15) is 51.9 Å². The van der Waals surface area contributed by atoms with Gasteiger partial charge in [0.2, 0.25) is 10.0 Å². The molecule has 1 saturated heterocycles. The minimum Gasteiger partial charge on any atom is -0.391 e. The molecule has 2 aliphatic rings. The van der Waals surface area contributed by atoms with Crippen molar-refractivity contribution in [2.24, 2.45) is 0 Å². The lowest BCUT2D eigenvalue weighted by Gasteiger charge is -2.42. The van der Waals surface area contributed by atoms with Gasteiger partial charge >= 0.3 is 0 Å². The van der Waals surface area contributed by atoms with E-state index in [0.717, 1.165) is 51.6 Å². The number of hydrogen-bond acceptors (Lipinski definition) is 4. The fraction of sp³-hybridized carbons (Fsp3) is 1.00. The van der Waals surface area contributed by atoms with Crippen molar-refractivity contribution in [2.45, 2.75) is 64.0 Å². The molecule has 124 valence electrons. The first-order valence-electron chi connectivity index (χ1n) is 8.44. The molecule has 0 unspecified atom stereocenters. The summed E-state index contributed by atoms with van der Waals surface area (Å²) in [7, 11) is -3.08. The molecular formula is C15H30N2O3S. The van der Waals surface area contributed by atoms with E-state index in [9.17, 15) is 13.5 Å². The van der Waals surface area contributed by atoms with Crippen LogP contribution in [0.25, 0.3) is 0 Å². The lowest BCUT2D eigenvalue weighted by atomic mass is 9.91. The first kappa shape index (κ1) is 17.2. The van der Waals surface area contributed by atoms with Gasteiger partial charge in [0.05, 0.1) is 11.9 Å². The Morgan fingerprint density at radius 1 is 1.05 bits per heavy atom. The third-order valence-corrected chi connectivity index (χ3v) is 6.79. The molecule has 2 rings (SSSR count). The third-order valence-electron chi connectivity index (χ3n) is 4.84. The fourth-order valence-corrected chi connectivity index (χ4v) is 5.04. The maximum Gasteiger partial charge on any atom is 0.214 e. The van der Waals surface area contributed by atoms with E-state index in [1.54, 1.807) is 4.31 Å². The van der Waals surface area contributed by atoms with Crippen LogP contribution in [-0.2, 0) is 10.0 Å². The van der Waals surface area contributed by atoms with Crippen LogP contribution in [0.4, 0.5) is 0 Å². The van der Waals surface area contributed by atoms with Crippen molar-refractivity contribution in [3.05, 3.63) is 0 Å². The van der Waals surface area contributed by atoms with Crippen LogP contribution in [0.2, 0.25) is 0 Å². The first-order valence-corrected chi connectivity index (χ1v) is 10.1. The van der Waals surface area contributed by atoms with E-state index in [2.05, 4.69) is 11.8 Å². The molecule has 6 heteroatoms. The molecule has 21 heavy (non-hydrogen) atoms. The molecule has 2 atom stereocenters. The molecule has 0 amide bonds. The highest BCUT2D eigenvalue weighted by atomic mass is 32.2. The number of sulfonamides is 1. The fourth-order valence-electron chi connectivity index (χ4n) is 3.49. The molecule has 0 aromatic carbocycles. The Hall–Kier alpha value is -0.170. The zero-order valence-electron chi connectivity index (χ0n) is 13.2. The minimum atomic E-state index is -3.08. The van der Waals surface area contributed by atoms with Crippen LogP contribution in [0.15, 0.2) is 0 Å². The largest absolute Gasteiger partial charge is 0.391 e. The SMILES string of the molecule is CCCCCS(=O)(=O)N1CCN([C@@H]2CCCC[C@@H]2O)CC1. The summed E-state index contributed by atoms with van der Waals surface area (Å²) in [4.78, 5) is 2.29. The Bertz CT molecular complexity index is 405. The predicted octanol–water partition coefficient (Wildman–Crippen LogP) is 1.43. The molecule has 0 aromatic heterocycles. The molecule has 1 heterocycles. The number of unbranched alkanes of at least 4 members (excludes halogenated alkanes) is 2. The van der Waals surface area contributed by atoms with Crippen LogP contribution in [0.5, 0.6) is 0 Å². The third kappa shape index (κ3) is 4.65. The van der Waals surface area contributed by atoms with Gasteiger partial charge in [0.1, 0.15) is 0 Å². The topological polar surface area (TPSA) is 60.9 Å². The molecule has 0 aromatic rings. The highest BCUT2D eigenvalue weighted by Crippen LogP contribution is 2.24. The molecule has 0 radical (unpaired) electrons. The number of nitrogens with zero attached hydrogens (tertiary/aromatic N) is 2. The second-order valence-electron chi connectivity index (χ2n) is 6.38. The van der Waals surface area contributed by atoms with Gasteiger partial charge in [-0.25, -0.2) is 8.42 Å². The zero-order valence-corrected chi connectivity index (χ0v) is 14.0. The van der Waals surface area contributed by atoms with Crippen molar-refractivity contribution in [2.75, 3.05) is 31.9 Å². The van der Waals surface area contributed by atoms with E-state index in [4.69, 9.17) is 0 Å². The van der Waals surface area contributed by atoms with Gasteiger partial charge in [-0.1, -0.05) is 32.6 Å². The van der Waals surface area contributed by atoms with Gasteiger partial charge in [-0.15, -0.1) is 0 Å². The number of piperazine rings is 1. The Kier molecular flexibility index (Phi) is 6.47. The van der Waals surface area contributed by atoms with Crippen molar-refractivity contribution < 1.29 is 13.5 Å². The van der Waals surface area contributed by atoms with Crippen LogP contribution >= 0.6 is 0 Å². The Labute approximate surface area is 129 Å². The standard InChI is InChI=1S/C15H30N2O3S/c1-2-3-6-13-21(19,20)17-11-9-16(10-12-17)14-7-4-5-8-15(14)18/h14-15,18H,2-13H2,1H3/t14-,15+/m1/s1. The Balaban J connectivity index is 1.82. The maximum atomic E-state index is 12.3. The summed E-state index contributed by atoms with van der Waals surface area (Å²) in [6.07, 6.45) is 6.79. The van der Waals surface area contributed by atoms with Gasteiger partial charge < -0.3 is 5.11 Å². The minimum absolute atomic E-state index is 0.230. The van der Waals surface area contributed by atoms with Crippen LogP contribution in [0, 0.1) is 0 Å². The molecule has 1 saturated carbocycles. The second-order valence-corrected chi connectivity index (χ2v) is 8.47. The average Bonchev–Trinajstić information content (AvgIpc) is 2.48. The summed E-state index contributed by atoms with van der Waals surface area (Å²) in [5, 5.41) is 10.1. The summed E-state index contributed by atoms with van der Waals surface area (Å²) >= 11 is 0. The maximum absolute atomic E-state index is 12.3. The molecule has 1 N–H and O–H groups in total. The van der Waals surface area contributed by atoms with E-state index in [-0.39, 0.29) is 17.9 Å². The molecule has 5 nitrogen and oxygen atoms in total. The summed E-state index contributed by atoms with van der Waals surface area (Å²) in [5.41, 5.74) is 0. The molecule has 1 aliphatic heterocycles. The van der Waals surface area contributed by atoms with Crippen LogP contribution in [0.3, 0.4) is 0 Å². The average molecular weight is 318 g/mol. The van der Waals surface area contributed by atoms with Crippen molar-refractivity contribution in [3.8, 4) is 0 Å². The van der Waals surface area contributed by atoms with Gasteiger partial charge in [0, 0.05) is 32.2 Å². The van der Waals surface area contributed by atoms with Crippen molar-refractivity contribution >= 4 is 10.0 Å². The molecule has 0 spiro atoms. The number of hydrogen-bond donors (Lipinski definition) is 1.